The lowest BCUT2D eigenvalue weighted by Gasteiger charge is -2.32. The molecule has 2 aliphatic carbocycles. The van der Waals surface area contributed by atoms with Gasteiger partial charge in [-0.15, -0.1) is 0 Å². The number of esters is 1. The summed E-state index contributed by atoms with van der Waals surface area (Å²) in [6.07, 6.45) is 4.30. The van der Waals surface area contributed by atoms with E-state index < -0.39 is 5.60 Å². The molecule has 3 rings (SSSR count). The van der Waals surface area contributed by atoms with Gasteiger partial charge in [-0.3, -0.25) is 4.79 Å². The Kier molecular flexibility index (Phi) is 2.37. The number of hydrogen-bond donors (Lipinski definition) is 1. The third-order valence-corrected chi connectivity index (χ3v) is 4.87. The van der Waals surface area contributed by atoms with E-state index in [1.807, 2.05) is 6.92 Å². The van der Waals surface area contributed by atoms with Gasteiger partial charge >= 0.3 is 5.97 Å². The SMILES string of the molecule is CC1=C2CCC(C)(O)C2C2OC(=O)CC2CC1. The minimum absolute atomic E-state index is 0.0430. The Morgan fingerprint density at radius 3 is 2.94 bits per heavy atom. The lowest BCUT2D eigenvalue weighted by atomic mass is 9.80. The van der Waals surface area contributed by atoms with Gasteiger partial charge in [0.05, 0.1) is 12.0 Å². The summed E-state index contributed by atoms with van der Waals surface area (Å²) >= 11 is 0. The average Bonchev–Trinajstić information content (AvgIpc) is 2.71. The van der Waals surface area contributed by atoms with E-state index in [0.717, 1.165) is 25.7 Å². The molecule has 3 nitrogen and oxygen atoms in total. The van der Waals surface area contributed by atoms with E-state index in [2.05, 4.69) is 6.92 Å². The van der Waals surface area contributed by atoms with Crippen LogP contribution in [0.25, 0.3) is 0 Å². The monoisotopic (exact) mass is 236 g/mol. The predicted octanol–water partition coefficient (Wildman–Crippen LogP) is 2.19. The molecule has 0 spiro atoms. The smallest absolute Gasteiger partial charge is 0.306 e. The minimum atomic E-state index is -0.700. The largest absolute Gasteiger partial charge is 0.461 e. The van der Waals surface area contributed by atoms with Crippen molar-refractivity contribution in [3.05, 3.63) is 11.1 Å². The van der Waals surface area contributed by atoms with Crippen LogP contribution in [0.15, 0.2) is 11.1 Å². The van der Waals surface area contributed by atoms with Crippen LogP contribution in [0.2, 0.25) is 0 Å². The standard InChI is InChI=1S/C14H20O3/c1-8-3-4-9-7-11(15)17-13(9)12-10(8)5-6-14(12,2)16/h9,12-13,16H,3-7H2,1-2H3. The summed E-state index contributed by atoms with van der Waals surface area (Å²) in [6.45, 7) is 4.07. The van der Waals surface area contributed by atoms with E-state index in [9.17, 15) is 9.90 Å². The van der Waals surface area contributed by atoms with Gasteiger partial charge in [0.15, 0.2) is 0 Å². The minimum Gasteiger partial charge on any atom is -0.461 e. The van der Waals surface area contributed by atoms with E-state index in [0.29, 0.717) is 12.3 Å². The van der Waals surface area contributed by atoms with Crippen LogP contribution in [0.4, 0.5) is 0 Å². The molecule has 1 saturated heterocycles. The highest BCUT2D eigenvalue weighted by Gasteiger charge is 2.53. The predicted molar refractivity (Wildman–Crippen MR) is 63.3 cm³/mol. The molecule has 3 aliphatic rings. The zero-order chi connectivity index (χ0) is 12.2. The third-order valence-electron chi connectivity index (χ3n) is 4.87. The van der Waals surface area contributed by atoms with Gasteiger partial charge in [-0.2, -0.15) is 0 Å². The normalized spacial score (nSPS) is 45.4. The lowest BCUT2D eigenvalue weighted by Crippen LogP contribution is -2.40. The van der Waals surface area contributed by atoms with Gasteiger partial charge in [-0.1, -0.05) is 11.1 Å². The number of aliphatic hydroxyl groups is 1. The molecule has 1 aliphatic heterocycles. The summed E-state index contributed by atoms with van der Waals surface area (Å²) in [5.41, 5.74) is 2.07. The lowest BCUT2D eigenvalue weighted by molar-refractivity contribution is -0.145. The number of hydrogen-bond acceptors (Lipinski definition) is 3. The van der Waals surface area contributed by atoms with E-state index in [1.54, 1.807) is 0 Å². The van der Waals surface area contributed by atoms with E-state index >= 15 is 0 Å². The van der Waals surface area contributed by atoms with Crippen molar-refractivity contribution in [2.45, 2.75) is 57.7 Å². The number of ether oxygens (including phenoxy) is 1. The maximum absolute atomic E-state index is 11.5. The maximum atomic E-state index is 11.5. The van der Waals surface area contributed by atoms with Crippen molar-refractivity contribution in [1.29, 1.82) is 0 Å². The van der Waals surface area contributed by atoms with E-state index in [1.165, 1.54) is 11.1 Å². The first kappa shape index (κ1) is 11.3. The van der Waals surface area contributed by atoms with Gasteiger partial charge in [0.25, 0.3) is 0 Å². The van der Waals surface area contributed by atoms with Crippen molar-refractivity contribution in [3.8, 4) is 0 Å². The molecule has 0 bridgehead atoms. The van der Waals surface area contributed by atoms with Crippen LogP contribution < -0.4 is 0 Å². The van der Waals surface area contributed by atoms with Gasteiger partial charge in [0.1, 0.15) is 6.10 Å². The van der Waals surface area contributed by atoms with Crippen molar-refractivity contribution in [1.82, 2.24) is 0 Å². The topological polar surface area (TPSA) is 46.5 Å². The Morgan fingerprint density at radius 1 is 1.41 bits per heavy atom. The second kappa shape index (κ2) is 3.58. The van der Waals surface area contributed by atoms with Crippen molar-refractivity contribution in [2.24, 2.45) is 11.8 Å². The fourth-order valence-corrected chi connectivity index (χ4v) is 3.90. The molecule has 0 amide bonds. The molecule has 3 heteroatoms. The Bertz CT molecular complexity index is 394. The molecule has 4 atom stereocenters. The zero-order valence-electron chi connectivity index (χ0n) is 10.5. The highest BCUT2D eigenvalue weighted by Crippen LogP contribution is 2.51. The number of allylic oxidation sites excluding steroid dienone is 1. The molecule has 0 radical (unpaired) electrons. The number of rotatable bonds is 0. The van der Waals surface area contributed by atoms with E-state index in [4.69, 9.17) is 4.74 Å². The first-order valence-electron chi connectivity index (χ1n) is 6.59. The van der Waals surface area contributed by atoms with Gasteiger partial charge in [0, 0.05) is 11.8 Å². The molecule has 0 aromatic carbocycles. The summed E-state index contributed by atoms with van der Waals surface area (Å²) in [5, 5.41) is 10.5. The van der Waals surface area contributed by atoms with Gasteiger partial charge < -0.3 is 9.84 Å². The third kappa shape index (κ3) is 1.63. The molecular weight excluding hydrogens is 216 g/mol. The van der Waals surface area contributed by atoms with Crippen LogP contribution in [0, 0.1) is 11.8 Å². The summed E-state index contributed by atoms with van der Waals surface area (Å²) < 4.78 is 5.51. The number of fused-ring (bicyclic) bond motifs is 3. The highest BCUT2D eigenvalue weighted by atomic mass is 16.6. The summed E-state index contributed by atoms with van der Waals surface area (Å²) in [6, 6.07) is 0. The Hall–Kier alpha value is -0.830. The van der Waals surface area contributed by atoms with Crippen LogP contribution in [0.3, 0.4) is 0 Å². The van der Waals surface area contributed by atoms with Crippen molar-refractivity contribution < 1.29 is 14.6 Å². The molecule has 0 aromatic heterocycles. The Morgan fingerprint density at radius 2 is 2.18 bits per heavy atom. The van der Waals surface area contributed by atoms with Crippen LogP contribution in [0.1, 0.15) is 46.0 Å². The van der Waals surface area contributed by atoms with Crippen LogP contribution in [-0.2, 0) is 9.53 Å². The molecule has 94 valence electrons. The van der Waals surface area contributed by atoms with Gasteiger partial charge in [-0.25, -0.2) is 0 Å². The Labute approximate surface area is 102 Å². The molecule has 17 heavy (non-hydrogen) atoms. The molecule has 4 unspecified atom stereocenters. The first-order chi connectivity index (χ1) is 7.99. The first-order valence-corrected chi connectivity index (χ1v) is 6.59. The van der Waals surface area contributed by atoms with Gasteiger partial charge in [-0.05, 0) is 39.5 Å². The molecule has 1 saturated carbocycles. The molecule has 1 N–H and O–H groups in total. The van der Waals surface area contributed by atoms with Crippen molar-refractivity contribution in [2.75, 3.05) is 0 Å². The number of carbonyl (C=O) groups excluding carboxylic acids is 1. The summed E-state index contributed by atoms with van der Waals surface area (Å²) in [7, 11) is 0. The van der Waals surface area contributed by atoms with Crippen molar-refractivity contribution in [3.63, 3.8) is 0 Å². The average molecular weight is 236 g/mol. The molecule has 1 heterocycles. The summed E-state index contributed by atoms with van der Waals surface area (Å²) in [5.74, 6) is 0.271. The fraction of sp³-hybridized carbons (Fsp3) is 0.786. The highest BCUT2D eigenvalue weighted by molar-refractivity contribution is 5.72. The molecule has 2 fully saturated rings. The van der Waals surface area contributed by atoms with E-state index in [-0.39, 0.29) is 18.0 Å². The molecular formula is C14H20O3. The molecule has 0 aromatic rings. The zero-order valence-corrected chi connectivity index (χ0v) is 10.5. The second-order valence-electron chi connectivity index (χ2n) is 6.10. The fourth-order valence-electron chi connectivity index (χ4n) is 3.90. The van der Waals surface area contributed by atoms with Gasteiger partial charge in [0.2, 0.25) is 0 Å². The quantitative estimate of drug-likeness (QED) is 0.518. The van der Waals surface area contributed by atoms with Crippen molar-refractivity contribution >= 4 is 5.97 Å². The van der Waals surface area contributed by atoms with Crippen LogP contribution >= 0.6 is 0 Å². The van der Waals surface area contributed by atoms with Crippen LogP contribution in [0.5, 0.6) is 0 Å². The Balaban J connectivity index is 2.02. The number of carbonyl (C=O) groups is 1. The summed E-state index contributed by atoms with van der Waals surface area (Å²) in [4.78, 5) is 11.5. The van der Waals surface area contributed by atoms with Crippen LogP contribution in [-0.4, -0.2) is 22.8 Å². The second-order valence-corrected chi connectivity index (χ2v) is 6.10. The maximum Gasteiger partial charge on any atom is 0.306 e.